The Balaban J connectivity index is 2.09. The van der Waals surface area contributed by atoms with Gasteiger partial charge in [-0.15, -0.1) is 0 Å². The lowest BCUT2D eigenvalue weighted by atomic mass is 10.1. The Hall–Kier alpha value is -1.66. The predicted molar refractivity (Wildman–Crippen MR) is 78.5 cm³/mol. The first-order chi connectivity index (χ1) is 9.99. The molecule has 0 aliphatic heterocycles. The highest BCUT2D eigenvalue weighted by molar-refractivity contribution is 6.33. The van der Waals surface area contributed by atoms with Crippen molar-refractivity contribution in [2.24, 2.45) is 0 Å². The number of carbonyl (C=O) groups is 1. The number of halogens is 1. The highest BCUT2D eigenvalue weighted by atomic mass is 35.5. The second-order valence-electron chi connectivity index (χ2n) is 5.21. The minimum absolute atomic E-state index is 0.0749. The zero-order valence-electron chi connectivity index (χ0n) is 11.4. The Kier molecular flexibility index (Phi) is 5.14. The summed E-state index contributed by atoms with van der Waals surface area (Å²) in [5, 5.41) is 23.4. The molecule has 2 N–H and O–H groups in total. The predicted octanol–water partition coefficient (Wildman–Crippen LogP) is 2.67. The molecule has 114 valence electrons. The maximum atomic E-state index is 12.2. The zero-order chi connectivity index (χ0) is 15.4. The van der Waals surface area contributed by atoms with Gasteiger partial charge in [-0.1, -0.05) is 30.9 Å². The number of hydrogen-bond donors (Lipinski definition) is 2. The van der Waals surface area contributed by atoms with E-state index in [0.717, 1.165) is 25.7 Å². The molecule has 1 aliphatic carbocycles. The number of rotatable bonds is 3. The molecule has 2 atom stereocenters. The van der Waals surface area contributed by atoms with Gasteiger partial charge in [0, 0.05) is 11.6 Å². The van der Waals surface area contributed by atoms with E-state index < -0.39 is 11.0 Å². The smallest absolute Gasteiger partial charge is 0.287 e. The van der Waals surface area contributed by atoms with Crippen LogP contribution in [0, 0.1) is 10.1 Å². The van der Waals surface area contributed by atoms with Gasteiger partial charge in [-0.05, 0) is 25.0 Å². The molecule has 0 bridgehead atoms. The van der Waals surface area contributed by atoms with Crippen molar-refractivity contribution in [3.8, 4) is 0 Å². The second-order valence-corrected chi connectivity index (χ2v) is 5.62. The number of amides is 1. The van der Waals surface area contributed by atoms with Gasteiger partial charge in [-0.3, -0.25) is 14.9 Å². The Bertz CT molecular complexity index is 550. The topological polar surface area (TPSA) is 92.5 Å². The van der Waals surface area contributed by atoms with E-state index in [1.54, 1.807) is 0 Å². The molecule has 6 nitrogen and oxygen atoms in total. The summed E-state index contributed by atoms with van der Waals surface area (Å²) in [5.74, 6) is -0.377. The lowest BCUT2D eigenvalue weighted by Gasteiger charge is -2.21. The molecule has 1 aromatic rings. The molecular formula is C14H17ClN2O4. The summed E-state index contributed by atoms with van der Waals surface area (Å²) in [4.78, 5) is 22.2. The summed E-state index contributed by atoms with van der Waals surface area (Å²) in [6.07, 6.45) is 3.82. The van der Waals surface area contributed by atoms with Crippen LogP contribution in [0.25, 0.3) is 0 Å². The number of benzene rings is 1. The summed E-state index contributed by atoms with van der Waals surface area (Å²) < 4.78 is 0. The average Bonchev–Trinajstić information content (AvgIpc) is 2.63. The highest BCUT2D eigenvalue weighted by Crippen LogP contribution is 2.25. The molecule has 1 aromatic carbocycles. The van der Waals surface area contributed by atoms with Gasteiger partial charge in [0.05, 0.1) is 17.1 Å². The third-order valence-corrected chi connectivity index (χ3v) is 4.01. The summed E-state index contributed by atoms with van der Waals surface area (Å²) >= 11 is 5.79. The number of nitrogens with zero attached hydrogens (tertiary/aromatic N) is 1. The van der Waals surface area contributed by atoms with Crippen molar-refractivity contribution >= 4 is 23.2 Å². The molecule has 0 radical (unpaired) electrons. The molecule has 7 heteroatoms. The van der Waals surface area contributed by atoms with Crippen molar-refractivity contribution in [2.45, 2.75) is 44.2 Å². The van der Waals surface area contributed by atoms with Gasteiger partial charge in [0.1, 0.15) is 5.02 Å². The molecule has 0 aromatic heterocycles. The van der Waals surface area contributed by atoms with E-state index in [9.17, 15) is 20.0 Å². The molecule has 21 heavy (non-hydrogen) atoms. The van der Waals surface area contributed by atoms with Gasteiger partial charge in [0.15, 0.2) is 0 Å². The summed E-state index contributed by atoms with van der Waals surface area (Å²) in [6.45, 7) is 0. The Morgan fingerprint density at radius 1 is 1.33 bits per heavy atom. The van der Waals surface area contributed by atoms with Crippen LogP contribution < -0.4 is 5.32 Å². The van der Waals surface area contributed by atoms with Crippen LogP contribution in [0.4, 0.5) is 5.69 Å². The van der Waals surface area contributed by atoms with Crippen LogP contribution in [0.3, 0.4) is 0 Å². The van der Waals surface area contributed by atoms with Crippen LogP contribution in [-0.4, -0.2) is 28.1 Å². The summed E-state index contributed by atoms with van der Waals surface area (Å²) in [7, 11) is 0. The first kappa shape index (κ1) is 15.7. The monoisotopic (exact) mass is 312 g/mol. The van der Waals surface area contributed by atoms with Crippen molar-refractivity contribution in [3.05, 3.63) is 38.9 Å². The van der Waals surface area contributed by atoms with Crippen LogP contribution in [-0.2, 0) is 0 Å². The molecule has 1 aliphatic rings. The Morgan fingerprint density at radius 3 is 2.71 bits per heavy atom. The van der Waals surface area contributed by atoms with Crippen molar-refractivity contribution in [1.82, 2.24) is 5.32 Å². The molecule has 1 fully saturated rings. The number of nitrogens with one attached hydrogen (secondary N) is 1. The number of carbonyl (C=O) groups excluding carboxylic acids is 1. The molecule has 0 heterocycles. The van der Waals surface area contributed by atoms with Crippen LogP contribution in [0.15, 0.2) is 18.2 Å². The first-order valence-corrected chi connectivity index (χ1v) is 7.29. The van der Waals surface area contributed by atoms with Crippen molar-refractivity contribution < 1.29 is 14.8 Å². The zero-order valence-corrected chi connectivity index (χ0v) is 12.2. The molecule has 1 amide bonds. The lowest BCUT2D eigenvalue weighted by Crippen LogP contribution is -2.42. The first-order valence-electron chi connectivity index (χ1n) is 6.92. The highest BCUT2D eigenvalue weighted by Gasteiger charge is 2.24. The largest absolute Gasteiger partial charge is 0.391 e. The maximum absolute atomic E-state index is 12.2. The van der Waals surface area contributed by atoms with Crippen molar-refractivity contribution in [3.63, 3.8) is 0 Å². The van der Waals surface area contributed by atoms with Gasteiger partial charge >= 0.3 is 0 Å². The second kappa shape index (κ2) is 6.87. The van der Waals surface area contributed by atoms with Crippen molar-refractivity contribution in [2.75, 3.05) is 0 Å². The van der Waals surface area contributed by atoms with E-state index in [4.69, 9.17) is 11.6 Å². The van der Waals surface area contributed by atoms with E-state index >= 15 is 0 Å². The summed E-state index contributed by atoms with van der Waals surface area (Å²) in [6, 6.07) is 3.57. The minimum Gasteiger partial charge on any atom is -0.391 e. The normalized spacial score (nSPS) is 22.4. The number of aliphatic hydroxyl groups is 1. The van der Waals surface area contributed by atoms with Crippen molar-refractivity contribution in [1.29, 1.82) is 0 Å². The standard InChI is InChI=1S/C14H17ClN2O4/c15-10-8-9(6-7-12(10)17(20)21)14(19)16-11-4-2-1-3-5-13(11)18/h6-8,11,13,18H,1-5H2,(H,16,19). The van der Waals surface area contributed by atoms with E-state index in [1.807, 2.05) is 0 Å². The third kappa shape index (κ3) is 3.92. The fraction of sp³-hybridized carbons (Fsp3) is 0.500. The molecule has 0 saturated heterocycles. The molecular weight excluding hydrogens is 296 g/mol. The number of hydrogen-bond acceptors (Lipinski definition) is 4. The van der Waals surface area contributed by atoms with Gasteiger partial charge in [-0.25, -0.2) is 0 Å². The fourth-order valence-electron chi connectivity index (χ4n) is 2.50. The van der Waals surface area contributed by atoms with Crippen LogP contribution in [0.1, 0.15) is 42.5 Å². The number of aliphatic hydroxyl groups excluding tert-OH is 1. The Morgan fingerprint density at radius 2 is 2.05 bits per heavy atom. The fourth-order valence-corrected chi connectivity index (χ4v) is 2.75. The number of nitro groups is 1. The number of nitro benzene ring substituents is 1. The quantitative estimate of drug-likeness (QED) is 0.510. The molecule has 2 rings (SSSR count). The Labute approximate surface area is 127 Å². The van der Waals surface area contributed by atoms with E-state index in [-0.39, 0.29) is 28.2 Å². The SMILES string of the molecule is O=C(NC1CCCCCC1O)c1ccc([N+](=O)[O-])c(Cl)c1. The summed E-state index contributed by atoms with van der Waals surface area (Å²) in [5.41, 5.74) is 0.0183. The van der Waals surface area contributed by atoms with E-state index in [0.29, 0.717) is 6.42 Å². The molecule has 1 saturated carbocycles. The van der Waals surface area contributed by atoms with Gasteiger partial charge in [0.2, 0.25) is 0 Å². The van der Waals surface area contributed by atoms with Crippen LogP contribution in [0.2, 0.25) is 5.02 Å². The van der Waals surface area contributed by atoms with Gasteiger partial charge in [-0.2, -0.15) is 0 Å². The third-order valence-electron chi connectivity index (χ3n) is 3.70. The minimum atomic E-state index is -0.598. The van der Waals surface area contributed by atoms with E-state index in [1.165, 1.54) is 18.2 Å². The maximum Gasteiger partial charge on any atom is 0.287 e. The van der Waals surface area contributed by atoms with Crippen LogP contribution >= 0.6 is 11.6 Å². The van der Waals surface area contributed by atoms with Gasteiger partial charge < -0.3 is 10.4 Å². The van der Waals surface area contributed by atoms with E-state index in [2.05, 4.69) is 5.32 Å². The van der Waals surface area contributed by atoms with Crippen LogP contribution in [0.5, 0.6) is 0 Å². The van der Waals surface area contributed by atoms with Gasteiger partial charge in [0.25, 0.3) is 11.6 Å². The lowest BCUT2D eigenvalue weighted by molar-refractivity contribution is -0.384. The average molecular weight is 313 g/mol. The molecule has 2 unspecified atom stereocenters. The molecule has 0 spiro atoms.